The molecule has 2 aliphatic rings. The number of amides is 1. The predicted molar refractivity (Wildman–Crippen MR) is 87.4 cm³/mol. The number of carbonyl (C=O) groups is 1. The molecule has 1 aromatic rings. The molecule has 0 radical (unpaired) electrons. The number of nitrogens with one attached hydrogen (secondary N) is 1. The van der Waals surface area contributed by atoms with Crippen molar-refractivity contribution in [2.24, 2.45) is 0 Å². The third-order valence-corrected chi connectivity index (χ3v) is 4.64. The van der Waals surface area contributed by atoms with Crippen LogP contribution in [0.2, 0.25) is 5.02 Å². The van der Waals surface area contributed by atoms with E-state index in [-0.39, 0.29) is 12.0 Å². The monoisotopic (exact) mass is 322 g/mol. The summed E-state index contributed by atoms with van der Waals surface area (Å²) in [5, 5.41) is 4.05. The Morgan fingerprint density at radius 2 is 2.14 bits per heavy atom. The van der Waals surface area contributed by atoms with Crippen LogP contribution in [0.5, 0.6) is 5.75 Å². The van der Waals surface area contributed by atoms with E-state index in [1.165, 1.54) is 0 Å². The molecule has 4 nitrogen and oxygen atoms in total. The molecule has 0 bridgehead atoms. The van der Waals surface area contributed by atoms with E-state index in [0.29, 0.717) is 18.0 Å². The Balaban J connectivity index is 1.81. The highest BCUT2D eigenvalue weighted by atomic mass is 35.5. The van der Waals surface area contributed by atoms with E-state index in [9.17, 15) is 4.79 Å². The molecule has 2 fully saturated rings. The van der Waals surface area contributed by atoms with Crippen LogP contribution in [0.15, 0.2) is 12.1 Å². The van der Waals surface area contributed by atoms with Gasteiger partial charge in [0, 0.05) is 30.1 Å². The first-order valence-electron chi connectivity index (χ1n) is 8.07. The Morgan fingerprint density at radius 3 is 2.82 bits per heavy atom. The van der Waals surface area contributed by atoms with Gasteiger partial charge in [-0.05, 0) is 57.0 Å². The molecule has 0 aliphatic carbocycles. The van der Waals surface area contributed by atoms with Gasteiger partial charge in [-0.15, -0.1) is 0 Å². The van der Waals surface area contributed by atoms with E-state index in [1.54, 1.807) is 0 Å². The van der Waals surface area contributed by atoms with Crippen LogP contribution in [0.1, 0.15) is 36.8 Å². The molecule has 22 heavy (non-hydrogen) atoms. The number of aryl methyl sites for hydroxylation is 1. The van der Waals surface area contributed by atoms with Crippen molar-refractivity contribution in [1.29, 1.82) is 0 Å². The molecule has 2 heterocycles. The van der Waals surface area contributed by atoms with E-state index in [1.807, 2.05) is 24.0 Å². The molecule has 0 unspecified atom stereocenters. The quantitative estimate of drug-likeness (QED) is 0.926. The SMILES string of the molecule is Cc1cc(Cl)cc(CN2CCCC2=O)c1OC1CCNCC1. The van der Waals surface area contributed by atoms with Gasteiger partial charge in [0.25, 0.3) is 0 Å². The number of rotatable bonds is 4. The molecule has 120 valence electrons. The first kappa shape index (κ1) is 15.6. The maximum absolute atomic E-state index is 11.9. The number of ether oxygens (including phenoxy) is 1. The summed E-state index contributed by atoms with van der Waals surface area (Å²) in [5.74, 6) is 1.14. The maximum atomic E-state index is 11.9. The van der Waals surface area contributed by atoms with Gasteiger partial charge >= 0.3 is 0 Å². The van der Waals surface area contributed by atoms with Gasteiger partial charge in [0.1, 0.15) is 11.9 Å². The molecule has 2 aliphatic heterocycles. The Kier molecular flexibility index (Phi) is 4.89. The van der Waals surface area contributed by atoms with Crippen molar-refractivity contribution in [3.63, 3.8) is 0 Å². The normalized spacial score (nSPS) is 19.7. The predicted octanol–water partition coefficient (Wildman–Crippen LogP) is 2.90. The Labute approximate surface area is 136 Å². The van der Waals surface area contributed by atoms with Crippen LogP contribution in [-0.4, -0.2) is 36.5 Å². The summed E-state index contributed by atoms with van der Waals surface area (Å²) in [6.07, 6.45) is 3.88. The van der Waals surface area contributed by atoms with Crippen LogP contribution < -0.4 is 10.1 Å². The lowest BCUT2D eigenvalue weighted by Gasteiger charge is -2.27. The van der Waals surface area contributed by atoms with E-state index < -0.39 is 0 Å². The standard InChI is InChI=1S/C17H23ClN2O2/c1-12-9-14(18)10-13(11-20-8-2-3-16(20)21)17(12)22-15-4-6-19-7-5-15/h9-10,15,19H,2-8,11H2,1H3. The number of likely N-dealkylation sites (tertiary alicyclic amines) is 1. The average molecular weight is 323 g/mol. The minimum absolute atomic E-state index is 0.227. The van der Waals surface area contributed by atoms with Gasteiger partial charge < -0.3 is 15.0 Å². The van der Waals surface area contributed by atoms with Gasteiger partial charge in [-0.25, -0.2) is 0 Å². The van der Waals surface area contributed by atoms with Crippen LogP contribution >= 0.6 is 11.6 Å². The minimum atomic E-state index is 0.227. The Hall–Kier alpha value is -1.26. The van der Waals surface area contributed by atoms with Crippen LogP contribution in [0.4, 0.5) is 0 Å². The first-order chi connectivity index (χ1) is 10.6. The van der Waals surface area contributed by atoms with Crippen LogP contribution in [0, 0.1) is 6.92 Å². The van der Waals surface area contributed by atoms with Gasteiger partial charge in [0.2, 0.25) is 5.91 Å². The molecule has 1 amide bonds. The summed E-state index contributed by atoms with van der Waals surface area (Å²) in [7, 11) is 0. The van der Waals surface area contributed by atoms with Crippen molar-refractivity contribution in [2.75, 3.05) is 19.6 Å². The van der Waals surface area contributed by atoms with Crippen molar-refractivity contribution in [3.05, 3.63) is 28.3 Å². The van der Waals surface area contributed by atoms with E-state index >= 15 is 0 Å². The maximum Gasteiger partial charge on any atom is 0.222 e. The number of hydrogen-bond donors (Lipinski definition) is 1. The summed E-state index contributed by atoms with van der Waals surface area (Å²) in [6, 6.07) is 3.88. The van der Waals surface area contributed by atoms with Gasteiger partial charge in [0.15, 0.2) is 0 Å². The second-order valence-electron chi connectivity index (χ2n) is 6.20. The number of hydrogen-bond acceptors (Lipinski definition) is 3. The van der Waals surface area contributed by atoms with Crippen molar-refractivity contribution in [2.45, 2.75) is 45.3 Å². The zero-order valence-corrected chi connectivity index (χ0v) is 13.8. The number of halogens is 1. The van der Waals surface area contributed by atoms with Crippen molar-refractivity contribution >= 4 is 17.5 Å². The highest BCUT2D eigenvalue weighted by molar-refractivity contribution is 6.30. The largest absolute Gasteiger partial charge is 0.490 e. The van der Waals surface area contributed by atoms with Crippen LogP contribution in [0.25, 0.3) is 0 Å². The lowest BCUT2D eigenvalue weighted by atomic mass is 10.1. The molecular formula is C17H23ClN2O2. The number of nitrogens with zero attached hydrogens (tertiary/aromatic N) is 1. The Bertz CT molecular complexity index is 556. The van der Waals surface area contributed by atoms with Crippen molar-refractivity contribution in [1.82, 2.24) is 10.2 Å². The topological polar surface area (TPSA) is 41.6 Å². The first-order valence-corrected chi connectivity index (χ1v) is 8.45. The third-order valence-electron chi connectivity index (χ3n) is 4.42. The fourth-order valence-corrected chi connectivity index (χ4v) is 3.54. The fraction of sp³-hybridized carbons (Fsp3) is 0.588. The fourth-order valence-electron chi connectivity index (χ4n) is 3.24. The highest BCUT2D eigenvalue weighted by Gasteiger charge is 2.23. The van der Waals surface area contributed by atoms with Crippen molar-refractivity contribution in [3.8, 4) is 5.75 Å². The lowest BCUT2D eigenvalue weighted by molar-refractivity contribution is -0.128. The second kappa shape index (κ2) is 6.88. The highest BCUT2D eigenvalue weighted by Crippen LogP contribution is 2.31. The molecule has 0 aromatic heterocycles. The second-order valence-corrected chi connectivity index (χ2v) is 6.63. The molecule has 0 atom stereocenters. The van der Waals surface area contributed by atoms with E-state index in [0.717, 1.165) is 55.8 Å². The molecule has 5 heteroatoms. The zero-order chi connectivity index (χ0) is 15.5. The summed E-state index contributed by atoms with van der Waals surface area (Å²) in [5.41, 5.74) is 2.08. The molecule has 1 aromatic carbocycles. The number of piperidine rings is 1. The molecule has 0 saturated carbocycles. The molecular weight excluding hydrogens is 300 g/mol. The van der Waals surface area contributed by atoms with Gasteiger partial charge in [-0.1, -0.05) is 11.6 Å². The van der Waals surface area contributed by atoms with E-state index in [2.05, 4.69) is 5.32 Å². The van der Waals surface area contributed by atoms with Gasteiger partial charge in [-0.3, -0.25) is 4.79 Å². The van der Waals surface area contributed by atoms with Gasteiger partial charge in [-0.2, -0.15) is 0 Å². The minimum Gasteiger partial charge on any atom is -0.490 e. The summed E-state index contributed by atoms with van der Waals surface area (Å²) >= 11 is 6.22. The summed E-state index contributed by atoms with van der Waals surface area (Å²) in [4.78, 5) is 13.8. The van der Waals surface area contributed by atoms with Crippen molar-refractivity contribution < 1.29 is 9.53 Å². The van der Waals surface area contributed by atoms with Crippen LogP contribution in [0.3, 0.4) is 0 Å². The molecule has 2 saturated heterocycles. The number of carbonyl (C=O) groups excluding carboxylic acids is 1. The summed E-state index contributed by atoms with van der Waals surface area (Å²) < 4.78 is 6.28. The number of benzene rings is 1. The van der Waals surface area contributed by atoms with E-state index in [4.69, 9.17) is 16.3 Å². The smallest absolute Gasteiger partial charge is 0.222 e. The zero-order valence-electron chi connectivity index (χ0n) is 13.0. The molecule has 1 N–H and O–H groups in total. The molecule has 3 rings (SSSR count). The van der Waals surface area contributed by atoms with Crippen LogP contribution in [-0.2, 0) is 11.3 Å². The van der Waals surface area contributed by atoms with Gasteiger partial charge in [0.05, 0.1) is 0 Å². The lowest BCUT2D eigenvalue weighted by Crippen LogP contribution is -2.34. The molecule has 0 spiro atoms. The summed E-state index contributed by atoms with van der Waals surface area (Å²) in [6.45, 7) is 5.45. The third kappa shape index (κ3) is 3.55. The average Bonchev–Trinajstić information content (AvgIpc) is 2.89. The Morgan fingerprint density at radius 1 is 1.36 bits per heavy atom.